The Morgan fingerprint density at radius 2 is 1.67 bits per heavy atom. The molecule has 0 aromatic heterocycles. The molecule has 0 aliphatic carbocycles. The largest absolute Gasteiger partial charge is 0.460 e. The normalized spacial score (nSPS) is 16.0. The molecule has 1 amide bonds. The number of likely N-dealkylation sites (tertiary alicyclic amines) is 1. The van der Waals surface area contributed by atoms with E-state index in [1.165, 1.54) is 0 Å². The minimum absolute atomic E-state index is 0.0138. The van der Waals surface area contributed by atoms with Crippen LogP contribution in [0.5, 0.6) is 0 Å². The van der Waals surface area contributed by atoms with Gasteiger partial charge < -0.3 is 19.5 Å². The third-order valence-electron chi connectivity index (χ3n) is 5.50. The van der Waals surface area contributed by atoms with Crippen LogP contribution in [0.25, 0.3) is 0 Å². The average Bonchev–Trinajstić information content (AvgIpc) is 2.77. The number of carbonyl (C=O) groups excluding carboxylic acids is 2. The summed E-state index contributed by atoms with van der Waals surface area (Å²) in [5, 5.41) is 13.4. The molecule has 2 rings (SSSR count). The molecule has 1 aromatic rings. The van der Waals surface area contributed by atoms with Gasteiger partial charge in [0.2, 0.25) is 12.3 Å². The van der Waals surface area contributed by atoms with E-state index >= 15 is 0 Å². The van der Waals surface area contributed by atoms with Crippen molar-refractivity contribution in [2.75, 3.05) is 13.1 Å². The number of esters is 1. The highest BCUT2D eigenvalue weighted by Crippen LogP contribution is 2.15. The van der Waals surface area contributed by atoms with E-state index in [-0.39, 0.29) is 11.9 Å². The van der Waals surface area contributed by atoms with E-state index in [4.69, 9.17) is 9.47 Å². The highest BCUT2D eigenvalue weighted by atomic mass is 16.6. The summed E-state index contributed by atoms with van der Waals surface area (Å²) >= 11 is 0. The van der Waals surface area contributed by atoms with Gasteiger partial charge in [-0.25, -0.2) is 0 Å². The average molecular weight is 501 g/mol. The molecule has 1 aromatic carbocycles. The van der Waals surface area contributed by atoms with Crippen molar-refractivity contribution in [1.29, 1.82) is 0 Å². The lowest BCUT2D eigenvalue weighted by Gasteiger charge is -2.33. The fourth-order valence-corrected chi connectivity index (χ4v) is 3.93. The zero-order valence-corrected chi connectivity index (χ0v) is 22.9. The minimum Gasteiger partial charge on any atom is -0.460 e. The molecule has 0 saturated carbocycles. The fourth-order valence-electron chi connectivity index (χ4n) is 3.93. The van der Waals surface area contributed by atoms with Gasteiger partial charge in [-0.15, -0.1) is 0 Å². The summed E-state index contributed by atoms with van der Waals surface area (Å²) in [5.74, 6) is 6.02. The van der Waals surface area contributed by atoms with Crippen molar-refractivity contribution in [2.24, 2.45) is 0 Å². The molecule has 1 heterocycles. The minimum atomic E-state index is -1.24. The topological polar surface area (TPSA) is 88.1 Å². The van der Waals surface area contributed by atoms with Gasteiger partial charge in [-0.2, -0.15) is 0 Å². The molecule has 1 saturated heterocycles. The third-order valence-corrected chi connectivity index (χ3v) is 5.50. The van der Waals surface area contributed by atoms with Crippen molar-refractivity contribution in [3.05, 3.63) is 35.4 Å². The van der Waals surface area contributed by atoms with Crippen molar-refractivity contribution in [2.45, 2.75) is 110 Å². The molecule has 1 aliphatic heterocycles. The number of aliphatic hydroxyl groups excluding tert-OH is 1. The summed E-state index contributed by atoms with van der Waals surface area (Å²) in [7, 11) is 0. The van der Waals surface area contributed by atoms with Crippen LogP contribution in [0.15, 0.2) is 24.3 Å². The second-order valence-electron chi connectivity index (χ2n) is 11.3. The van der Waals surface area contributed by atoms with Crippen LogP contribution in [-0.2, 0) is 25.5 Å². The Morgan fingerprint density at radius 3 is 2.25 bits per heavy atom. The molecule has 1 fully saturated rings. The highest BCUT2D eigenvalue weighted by Gasteiger charge is 2.29. The molecule has 1 aliphatic rings. The summed E-state index contributed by atoms with van der Waals surface area (Å²) in [5.41, 5.74) is 0.836. The fraction of sp³-hybridized carbons (Fsp3) is 0.655. The van der Waals surface area contributed by atoms with Gasteiger partial charge in [0.05, 0.1) is 11.6 Å². The van der Waals surface area contributed by atoms with Crippen LogP contribution in [0, 0.1) is 11.8 Å². The number of piperidine rings is 1. The third kappa shape index (κ3) is 12.0. The Bertz CT molecular complexity index is 897. The smallest absolute Gasteiger partial charge is 0.306 e. The molecule has 36 heavy (non-hydrogen) atoms. The van der Waals surface area contributed by atoms with Crippen molar-refractivity contribution < 1.29 is 24.2 Å². The van der Waals surface area contributed by atoms with Crippen LogP contribution < -0.4 is 5.32 Å². The number of rotatable bonds is 9. The second-order valence-corrected chi connectivity index (χ2v) is 11.3. The van der Waals surface area contributed by atoms with Crippen LogP contribution in [-0.4, -0.2) is 58.6 Å². The first-order valence-corrected chi connectivity index (χ1v) is 13.0. The van der Waals surface area contributed by atoms with Gasteiger partial charge in [0.25, 0.3) is 0 Å². The molecule has 1 unspecified atom stereocenters. The van der Waals surface area contributed by atoms with E-state index in [2.05, 4.69) is 17.2 Å². The number of ether oxygens (including phenoxy) is 2. The molecule has 2 N–H and O–H groups in total. The Morgan fingerprint density at radius 1 is 1.03 bits per heavy atom. The zero-order valence-electron chi connectivity index (χ0n) is 22.9. The number of nitrogens with zero attached hydrogens (tertiary/aromatic N) is 1. The van der Waals surface area contributed by atoms with Crippen molar-refractivity contribution >= 4 is 11.9 Å². The van der Waals surface area contributed by atoms with Crippen LogP contribution in [0.3, 0.4) is 0 Å². The van der Waals surface area contributed by atoms with Crippen molar-refractivity contribution in [1.82, 2.24) is 10.2 Å². The van der Waals surface area contributed by atoms with Crippen LogP contribution in [0.2, 0.25) is 0 Å². The van der Waals surface area contributed by atoms with Crippen LogP contribution >= 0.6 is 0 Å². The number of carbonyl (C=O) groups is 2. The Kier molecular flexibility index (Phi) is 11.4. The molecule has 7 nitrogen and oxygen atoms in total. The van der Waals surface area contributed by atoms with Gasteiger partial charge in [0, 0.05) is 31.5 Å². The maximum Gasteiger partial charge on any atom is 0.306 e. The van der Waals surface area contributed by atoms with Crippen LogP contribution in [0.1, 0.15) is 91.2 Å². The number of amides is 1. The molecule has 0 spiro atoms. The SMILES string of the molecule is CC(C)(C)OC(=O)CCCC#Cc1ccc(C[C@H](NC(O)OC(C)(C)C)C(=O)N2CCCCC2)cc1. The lowest BCUT2D eigenvalue weighted by atomic mass is 10.0. The number of aliphatic hydroxyl groups is 1. The lowest BCUT2D eigenvalue weighted by molar-refractivity contribution is -0.188. The standard InChI is InChI=1S/C29H44N2O5/c1-28(2,3)35-25(32)14-10-7-9-13-22-15-17-23(18-16-22)21-24(30-27(34)36-29(4,5)6)26(33)31-19-11-8-12-20-31/h15-18,24,27,30,34H,7-8,10-12,14,19-21H2,1-6H3/t24-,27?/m0/s1. The summed E-state index contributed by atoms with van der Waals surface area (Å²) in [6, 6.07) is 7.19. The quantitative estimate of drug-likeness (QED) is 0.229. The first-order chi connectivity index (χ1) is 16.8. The molecule has 0 bridgehead atoms. The number of hydrogen-bond acceptors (Lipinski definition) is 6. The second kappa shape index (κ2) is 13.8. The van der Waals surface area contributed by atoms with E-state index < -0.39 is 23.7 Å². The number of hydrogen-bond donors (Lipinski definition) is 2. The van der Waals surface area contributed by atoms with E-state index in [0.717, 1.165) is 43.5 Å². The van der Waals surface area contributed by atoms with E-state index in [1.807, 2.05) is 70.7 Å². The zero-order chi connectivity index (χ0) is 26.8. The molecular formula is C29H44N2O5. The first kappa shape index (κ1) is 29.8. The summed E-state index contributed by atoms with van der Waals surface area (Å²) in [6.45, 7) is 12.6. The summed E-state index contributed by atoms with van der Waals surface area (Å²) in [4.78, 5) is 26.9. The monoisotopic (exact) mass is 500 g/mol. The first-order valence-electron chi connectivity index (χ1n) is 13.0. The van der Waals surface area contributed by atoms with E-state index in [9.17, 15) is 14.7 Å². The Labute approximate surface area is 216 Å². The summed E-state index contributed by atoms with van der Waals surface area (Å²) in [6.07, 6.45) is 3.97. The number of nitrogens with one attached hydrogen (secondary N) is 1. The summed E-state index contributed by atoms with van der Waals surface area (Å²) < 4.78 is 10.9. The van der Waals surface area contributed by atoms with Gasteiger partial charge in [-0.05, 0) is 91.3 Å². The molecule has 2 atom stereocenters. The lowest BCUT2D eigenvalue weighted by Crippen LogP contribution is -2.53. The molecular weight excluding hydrogens is 456 g/mol. The highest BCUT2D eigenvalue weighted by molar-refractivity contribution is 5.82. The number of unbranched alkanes of at least 4 members (excludes halogenated alkanes) is 1. The van der Waals surface area contributed by atoms with Crippen molar-refractivity contribution in [3.8, 4) is 11.8 Å². The molecule has 7 heteroatoms. The Hall–Kier alpha value is -2.40. The van der Waals surface area contributed by atoms with Gasteiger partial charge in [-0.1, -0.05) is 24.0 Å². The van der Waals surface area contributed by atoms with Crippen molar-refractivity contribution in [3.63, 3.8) is 0 Å². The van der Waals surface area contributed by atoms with Crippen LogP contribution in [0.4, 0.5) is 0 Å². The molecule has 200 valence electrons. The number of benzene rings is 1. The van der Waals surface area contributed by atoms with Gasteiger partial charge in [0.15, 0.2) is 0 Å². The predicted molar refractivity (Wildman–Crippen MR) is 141 cm³/mol. The van der Waals surface area contributed by atoms with Gasteiger partial charge in [-0.3, -0.25) is 14.9 Å². The van der Waals surface area contributed by atoms with E-state index in [0.29, 0.717) is 25.7 Å². The Balaban J connectivity index is 1.95. The maximum absolute atomic E-state index is 13.2. The van der Waals surface area contributed by atoms with Gasteiger partial charge in [0.1, 0.15) is 5.60 Å². The predicted octanol–water partition coefficient (Wildman–Crippen LogP) is 4.15. The molecule has 0 radical (unpaired) electrons. The van der Waals surface area contributed by atoms with E-state index in [1.54, 1.807) is 0 Å². The maximum atomic E-state index is 13.2. The van der Waals surface area contributed by atoms with Gasteiger partial charge >= 0.3 is 5.97 Å².